The number of rotatable bonds is 1. The van der Waals surface area contributed by atoms with Gasteiger partial charge in [0.25, 0.3) is 5.91 Å². The molecule has 1 aromatic carbocycles. The van der Waals surface area contributed by atoms with Crippen molar-refractivity contribution in [3.63, 3.8) is 0 Å². The van der Waals surface area contributed by atoms with Crippen LogP contribution in [0.3, 0.4) is 0 Å². The van der Waals surface area contributed by atoms with Crippen molar-refractivity contribution in [1.82, 2.24) is 4.90 Å². The Balaban J connectivity index is 0.00000162. The molecule has 1 saturated heterocycles. The van der Waals surface area contributed by atoms with Crippen molar-refractivity contribution in [2.75, 3.05) is 13.1 Å². The van der Waals surface area contributed by atoms with E-state index in [4.69, 9.17) is 5.73 Å². The highest BCUT2D eigenvalue weighted by Crippen LogP contribution is 2.16. The lowest BCUT2D eigenvalue weighted by Crippen LogP contribution is -2.45. The summed E-state index contributed by atoms with van der Waals surface area (Å²) in [6, 6.07) is 4.61. The molecule has 1 aliphatic rings. The first-order chi connectivity index (χ1) is 8.08. The maximum Gasteiger partial charge on any atom is 0.256 e. The highest BCUT2D eigenvalue weighted by atomic mass is 35.5. The zero-order valence-electron chi connectivity index (χ0n) is 10.4. The van der Waals surface area contributed by atoms with E-state index in [9.17, 15) is 9.18 Å². The molecule has 1 fully saturated rings. The summed E-state index contributed by atoms with van der Waals surface area (Å²) in [5.74, 6) is -0.707. The molecule has 100 valence electrons. The molecule has 0 saturated carbocycles. The molecule has 1 aliphatic heterocycles. The van der Waals surface area contributed by atoms with Crippen LogP contribution in [-0.4, -0.2) is 29.9 Å². The Labute approximate surface area is 113 Å². The Bertz CT molecular complexity index is 439. The van der Waals surface area contributed by atoms with E-state index >= 15 is 0 Å². The molecule has 1 unspecified atom stereocenters. The molecule has 2 N–H and O–H groups in total. The maximum absolute atomic E-state index is 13.6. The molecule has 1 amide bonds. The van der Waals surface area contributed by atoms with Gasteiger partial charge in [0, 0.05) is 19.1 Å². The van der Waals surface area contributed by atoms with Gasteiger partial charge in [0.15, 0.2) is 0 Å². The first-order valence-electron chi connectivity index (χ1n) is 5.89. The number of hydrogen-bond acceptors (Lipinski definition) is 2. The number of carbonyl (C=O) groups is 1. The molecule has 1 aromatic rings. The van der Waals surface area contributed by atoms with Crippen LogP contribution in [0.15, 0.2) is 18.2 Å². The van der Waals surface area contributed by atoms with E-state index in [1.54, 1.807) is 17.0 Å². The Kier molecular flexibility index (Phi) is 5.11. The van der Waals surface area contributed by atoms with Crippen molar-refractivity contribution < 1.29 is 9.18 Å². The first kappa shape index (κ1) is 14.9. The molecule has 0 aromatic heterocycles. The minimum atomic E-state index is -0.459. The summed E-state index contributed by atoms with van der Waals surface area (Å²) in [7, 11) is 0. The van der Waals surface area contributed by atoms with E-state index in [0.29, 0.717) is 13.1 Å². The predicted molar refractivity (Wildman–Crippen MR) is 71.5 cm³/mol. The second-order valence-electron chi connectivity index (χ2n) is 4.64. The summed E-state index contributed by atoms with van der Waals surface area (Å²) in [6.45, 7) is 3.03. The first-order valence-corrected chi connectivity index (χ1v) is 5.89. The minimum absolute atomic E-state index is 0. The quantitative estimate of drug-likeness (QED) is 0.851. The van der Waals surface area contributed by atoms with Crippen LogP contribution in [0.5, 0.6) is 0 Å². The van der Waals surface area contributed by atoms with E-state index in [1.165, 1.54) is 6.07 Å². The number of aryl methyl sites for hydroxylation is 1. The third-order valence-corrected chi connectivity index (χ3v) is 3.10. The van der Waals surface area contributed by atoms with Gasteiger partial charge in [-0.1, -0.05) is 11.6 Å². The van der Waals surface area contributed by atoms with Crippen molar-refractivity contribution in [3.05, 3.63) is 35.1 Å². The summed E-state index contributed by atoms with van der Waals surface area (Å²) >= 11 is 0. The molecule has 0 spiro atoms. The van der Waals surface area contributed by atoms with Crippen LogP contribution < -0.4 is 5.73 Å². The molecule has 5 heteroatoms. The number of amides is 1. The van der Waals surface area contributed by atoms with Crippen LogP contribution in [0.1, 0.15) is 28.8 Å². The fourth-order valence-corrected chi connectivity index (χ4v) is 2.17. The highest BCUT2D eigenvalue weighted by Gasteiger charge is 2.24. The van der Waals surface area contributed by atoms with E-state index in [-0.39, 0.29) is 29.9 Å². The average molecular weight is 273 g/mol. The summed E-state index contributed by atoms with van der Waals surface area (Å²) in [5.41, 5.74) is 6.86. The molecular formula is C13H18ClFN2O. The molecule has 1 atom stereocenters. The normalized spacial score (nSPS) is 19.3. The summed E-state index contributed by atoms with van der Waals surface area (Å²) in [6.07, 6.45) is 1.82. The SMILES string of the molecule is Cc1ccc(F)c(C(=O)N2CCCC(N)C2)c1.Cl. The number of carbonyl (C=O) groups excluding carboxylic acids is 1. The molecule has 3 nitrogen and oxygen atoms in total. The lowest BCUT2D eigenvalue weighted by atomic mass is 10.0. The fourth-order valence-electron chi connectivity index (χ4n) is 2.17. The molecule has 0 bridgehead atoms. The van der Waals surface area contributed by atoms with Gasteiger partial charge < -0.3 is 10.6 Å². The van der Waals surface area contributed by atoms with Crippen molar-refractivity contribution in [3.8, 4) is 0 Å². The fraction of sp³-hybridized carbons (Fsp3) is 0.462. The number of halogens is 2. The van der Waals surface area contributed by atoms with Crippen LogP contribution in [0.2, 0.25) is 0 Å². The number of likely N-dealkylation sites (tertiary alicyclic amines) is 1. The Morgan fingerprint density at radius 1 is 1.50 bits per heavy atom. The van der Waals surface area contributed by atoms with Gasteiger partial charge in [-0.05, 0) is 31.9 Å². The molecular weight excluding hydrogens is 255 g/mol. The van der Waals surface area contributed by atoms with Crippen molar-refractivity contribution in [2.24, 2.45) is 5.73 Å². The van der Waals surface area contributed by atoms with Crippen molar-refractivity contribution in [2.45, 2.75) is 25.8 Å². The summed E-state index contributed by atoms with van der Waals surface area (Å²) in [5, 5.41) is 0. The lowest BCUT2D eigenvalue weighted by molar-refractivity contribution is 0.0704. The van der Waals surface area contributed by atoms with Crippen molar-refractivity contribution >= 4 is 18.3 Å². The second kappa shape index (κ2) is 6.16. The molecule has 0 radical (unpaired) electrons. The second-order valence-corrected chi connectivity index (χ2v) is 4.64. The van der Waals surface area contributed by atoms with Crippen molar-refractivity contribution in [1.29, 1.82) is 0 Å². The monoisotopic (exact) mass is 272 g/mol. The van der Waals surface area contributed by atoms with Gasteiger partial charge in [0.2, 0.25) is 0 Å². The number of benzene rings is 1. The van der Waals surface area contributed by atoms with Gasteiger partial charge in [-0.25, -0.2) is 4.39 Å². The topological polar surface area (TPSA) is 46.3 Å². The Morgan fingerprint density at radius 3 is 2.89 bits per heavy atom. The number of piperidine rings is 1. The Hall–Kier alpha value is -1.13. The van der Waals surface area contributed by atoms with Crippen LogP contribution in [0.4, 0.5) is 4.39 Å². The third-order valence-electron chi connectivity index (χ3n) is 3.10. The molecule has 2 rings (SSSR count). The minimum Gasteiger partial charge on any atom is -0.337 e. The van der Waals surface area contributed by atoms with E-state index < -0.39 is 5.82 Å². The third kappa shape index (κ3) is 3.21. The van der Waals surface area contributed by atoms with Gasteiger partial charge in [-0.2, -0.15) is 0 Å². The highest BCUT2D eigenvalue weighted by molar-refractivity contribution is 5.94. The largest absolute Gasteiger partial charge is 0.337 e. The van der Waals surface area contributed by atoms with Gasteiger partial charge in [0.1, 0.15) is 5.82 Å². The smallest absolute Gasteiger partial charge is 0.256 e. The maximum atomic E-state index is 13.6. The summed E-state index contributed by atoms with van der Waals surface area (Å²) < 4.78 is 13.6. The van der Waals surface area contributed by atoms with Crippen LogP contribution in [-0.2, 0) is 0 Å². The predicted octanol–water partition coefficient (Wildman–Crippen LogP) is 2.12. The van der Waals surface area contributed by atoms with Gasteiger partial charge in [-0.3, -0.25) is 4.79 Å². The van der Waals surface area contributed by atoms with E-state index in [1.807, 2.05) is 6.92 Å². The molecule has 0 aliphatic carbocycles. The van der Waals surface area contributed by atoms with E-state index in [0.717, 1.165) is 18.4 Å². The van der Waals surface area contributed by atoms with Crippen LogP contribution in [0.25, 0.3) is 0 Å². The lowest BCUT2D eigenvalue weighted by Gasteiger charge is -2.31. The zero-order valence-corrected chi connectivity index (χ0v) is 11.2. The standard InChI is InChI=1S/C13H17FN2O.ClH/c1-9-4-5-12(14)11(7-9)13(17)16-6-2-3-10(15)8-16;/h4-5,7,10H,2-3,6,8,15H2,1H3;1H. The zero-order chi connectivity index (χ0) is 12.4. The average Bonchev–Trinajstić information content (AvgIpc) is 2.31. The summed E-state index contributed by atoms with van der Waals surface area (Å²) in [4.78, 5) is 13.8. The number of hydrogen-bond donors (Lipinski definition) is 1. The van der Waals surface area contributed by atoms with E-state index in [2.05, 4.69) is 0 Å². The van der Waals surface area contributed by atoms with Gasteiger partial charge >= 0.3 is 0 Å². The Morgan fingerprint density at radius 2 is 2.22 bits per heavy atom. The number of nitrogens with zero attached hydrogens (tertiary/aromatic N) is 1. The van der Waals surface area contributed by atoms with Crippen LogP contribution >= 0.6 is 12.4 Å². The molecule has 18 heavy (non-hydrogen) atoms. The van der Waals surface area contributed by atoms with Gasteiger partial charge in [-0.15, -0.1) is 12.4 Å². The van der Waals surface area contributed by atoms with Crippen LogP contribution in [0, 0.1) is 12.7 Å². The molecule has 1 heterocycles. The van der Waals surface area contributed by atoms with Gasteiger partial charge in [0.05, 0.1) is 5.56 Å². The number of nitrogens with two attached hydrogens (primary N) is 1.